The first-order chi connectivity index (χ1) is 7.25. The number of nitrogens with zero attached hydrogens (tertiary/aromatic N) is 1. The molecule has 1 unspecified atom stereocenters. The molecule has 1 fully saturated rings. The molecule has 0 aromatic carbocycles. The highest BCUT2D eigenvalue weighted by atomic mass is 16.5. The topological polar surface area (TPSA) is 77.2 Å². The van der Waals surface area contributed by atoms with E-state index in [2.05, 4.69) is 10.3 Å². The summed E-state index contributed by atoms with van der Waals surface area (Å²) in [5.74, 6) is 0.286. The second kappa shape index (κ2) is 4.27. The molecular weight excluding hydrogens is 194 g/mol. The smallest absolute Gasteiger partial charge is 0.250 e. The zero-order valence-electron chi connectivity index (χ0n) is 8.27. The van der Waals surface area contributed by atoms with E-state index in [4.69, 9.17) is 10.5 Å². The van der Waals surface area contributed by atoms with E-state index in [0.29, 0.717) is 18.2 Å². The Morgan fingerprint density at radius 2 is 2.47 bits per heavy atom. The van der Waals surface area contributed by atoms with Gasteiger partial charge in [-0.05, 0) is 18.6 Å². The quantitative estimate of drug-likeness (QED) is 0.751. The molecule has 1 aromatic rings. The van der Waals surface area contributed by atoms with Gasteiger partial charge < -0.3 is 15.8 Å². The number of anilines is 1. The van der Waals surface area contributed by atoms with Crippen LogP contribution in [0.5, 0.6) is 0 Å². The van der Waals surface area contributed by atoms with Crippen molar-refractivity contribution in [3.63, 3.8) is 0 Å². The molecule has 0 aliphatic carbocycles. The summed E-state index contributed by atoms with van der Waals surface area (Å²) in [5, 5.41) is 3.22. The van der Waals surface area contributed by atoms with E-state index in [-0.39, 0.29) is 0 Å². The molecule has 0 bridgehead atoms. The van der Waals surface area contributed by atoms with Crippen LogP contribution in [0, 0.1) is 0 Å². The average molecular weight is 207 g/mol. The van der Waals surface area contributed by atoms with Crippen LogP contribution in [0.3, 0.4) is 0 Å². The highest BCUT2D eigenvalue weighted by molar-refractivity contribution is 5.92. The van der Waals surface area contributed by atoms with E-state index in [1.165, 1.54) is 6.20 Å². The van der Waals surface area contributed by atoms with Crippen molar-refractivity contribution >= 4 is 11.7 Å². The lowest BCUT2D eigenvalue weighted by molar-refractivity contribution is 0.1000. The molecule has 1 atom stereocenters. The van der Waals surface area contributed by atoms with Gasteiger partial charge in [0, 0.05) is 12.8 Å². The molecule has 2 rings (SSSR count). The van der Waals surface area contributed by atoms with E-state index in [1.807, 2.05) is 0 Å². The minimum absolute atomic E-state index is 0.317. The highest BCUT2D eigenvalue weighted by Gasteiger charge is 2.15. The third-order valence-corrected chi connectivity index (χ3v) is 2.33. The molecule has 1 saturated heterocycles. The van der Waals surface area contributed by atoms with Crippen LogP contribution in [-0.4, -0.2) is 30.1 Å². The first-order valence-electron chi connectivity index (χ1n) is 4.86. The molecule has 0 spiro atoms. The number of carbonyl (C=O) groups is 1. The minimum atomic E-state index is -0.460. The molecule has 1 aliphatic heterocycles. The standard InChI is InChI=1S/C10H13N3O2/c11-10(14)7-1-2-9(12-5-7)13-8-3-4-15-6-8/h1-2,5,8H,3-4,6H2,(H2,11,14)(H,12,13). The summed E-state index contributed by atoms with van der Waals surface area (Å²) in [4.78, 5) is 14.9. The van der Waals surface area contributed by atoms with Crippen molar-refractivity contribution in [2.45, 2.75) is 12.5 Å². The third kappa shape index (κ3) is 2.44. The fraction of sp³-hybridized carbons (Fsp3) is 0.400. The number of carbonyl (C=O) groups excluding carboxylic acids is 1. The normalized spacial score (nSPS) is 20.1. The molecule has 5 nitrogen and oxygen atoms in total. The number of primary amides is 1. The molecule has 2 heterocycles. The van der Waals surface area contributed by atoms with E-state index in [1.54, 1.807) is 12.1 Å². The van der Waals surface area contributed by atoms with E-state index >= 15 is 0 Å². The summed E-state index contributed by atoms with van der Waals surface area (Å²) >= 11 is 0. The van der Waals surface area contributed by atoms with Gasteiger partial charge in [-0.3, -0.25) is 4.79 Å². The predicted octanol–water partition coefficient (Wildman–Crippen LogP) is 0.381. The molecule has 1 aliphatic rings. The van der Waals surface area contributed by atoms with Gasteiger partial charge in [-0.2, -0.15) is 0 Å². The Hall–Kier alpha value is -1.62. The maximum atomic E-state index is 10.8. The molecular formula is C10H13N3O2. The van der Waals surface area contributed by atoms with Gasteiger partial charge in [-0.25, -0.2) is 4.98 Å². The molecule has 80 valence electrons. The summed E-state index contributed by atoms with van der Waals surface area (Å²) in [5.41, 5.74) is 5.53. The fourth-order valence-corrected chi connectivity index (χ4v) is 1.48. The first-order valence-corrected chi connectivity index (χ1v) is 4.86. The van der Waals surface area contributed by atoms with Crippen molar-refractivity contribution in [1.82, 2.24) is 4.98 Å². The number of aromatic nitrogens is 1. The summed E-state index contributed by atoms with van der Waals surface area (Å²) in [6.07, 6.45) is 2.46. The van der Waals surface area contributed by atoms with Crippen LogP contribution in [0.4, 0.5) is 5.82 Å². The van der Waals surface area contributed by atoms with Crippen LogP contribution in [0.2, 0.25) is 0 Å². The molecule has 0 radical (unpaired) electrons. The third-order valence-electron chi connectivity index (χ3n) is 2.33. The van der Waals surface area contributed by atoms with E-state index in [0.717, 1.165) is 18.8 Å². The van der Waals surface area contributed by atoms with Gasteiger partial charge in [-0.1, -0.05) is 0 Å². The largest absolute Gasteiger partial charge is 0.379 e. The van der Waals surface area contributed by atoms with Crippen LogP contribution in [-0.2, 0) is 4.74 Å². The molecule has 3 N–H and O–H groups in total. The summed E-state index contributed by atoms with van der Waals surface area (Å²) < 4.78 is 5.23. The second-order valence-electron chi connectivity index (χ2n) is 3.50. The zero-order valence-corrected chi connectivity index (χ0v) is 8.27. The lowest BCUT2D eigenvalue weighted by Gasteiger charge is -2.10. The molecule has 0 saturated carbocycles. The van der Waals surface area contributed by atoms with Crippen molar-refractivity contribution in [3.05, 3.63) is 23.9 Å². The number of rotatable bonds is 3. The minimum Gasteiger partial charge on any atom is -0.379 e. The van der Waals surface area contributed by atoms with E-state index < -0.39 is 5.91 Å². The van der Waals surface area contributed by atoms with Crippen LogP contribution in [0.15, 0.2) is 18.3 Å². The predicted molar refractivity (Wildman–Crippen MR) is 55.6 cm³/mol. The van der Waals surface area contributed by atoms with E-state index in [9.17, 15) is 4.79 Å². The Morgan fingerprint density at radius 3 is 3.00 bits per heavy atom. The first kappa shape index (κ1) is 9.92. The summed E-state index contributed by atoms with van der Waals surface area (Å²) in [6.45, 7) is 1.50. The monoisotopic (exact) mass is 207 g/mol. The Balaban J connectivity index is 2.00. The number of nitrogens with one attached hydrogen (secondary N) is 1. The number of pyridine rings is 1. The molecule has 15 heavy (non-hydrogen) atoms. The van der Waals surface area contributed by atoms with Gasteiger partial charge in [0.25, 0.3) is 0 Å². The summed E-state index contributed by atoms with van der Waals surface area (Å²) in [6, 6.07) is 3.73. The van der Waals surface area contributed by atoms with Crippen LogP contribution in [0.25, 0.3) is 0 Å². The van der Waals surface area contributed by atoms with Gasteiger partial charge in [0.05, 0.1) is 18.2 Å². The number of nitrogens with two attached hydrogens (primary N) is 1. The van der Waals surface area contributed by atoms with Crippen molar-refractivity contribution in [2.24, 2.45) is 5.73 Å². The van der Waals surface area contributed by atoms with Crippen LogP contribution in [0.1, 0.15) is 16.8 Å². The molecule has 1 aromatic heterocycles. The zero-order chi connectivity index (χ0) is 10.7. The van der Waals surface area contributed by atoms with Crippen molar-refractivity contribution in [1.29, 1.82) is 0 Å². The number of amides is 1. The Bertz CT molecular complexity index is 344. The Morgan fingerprint density at radius 1 is 1.60 bits per heavy atom. The van der Waals surface area contributed by atoms with Crippen molar-refractivity contribution in [2.75, 3.05) is 18.5 Å². The maximum absolute atomic E-state index is 10.8. The Kier molecular flexibility index (Phi) is 2.82. The summed E-state index contributed by atoms with van der Waals surface area (Å²) in [7, 11) is 0. The number of hydrogen-bond donors (Lipinski definition) is 2. The fourth-order valence-electron chi connectivity index (χ4n) is 1.48. The average Bonchev–Trinajstić information content (AvgIpc) is 2.71. The maximum Gasteiger partial charge on any atom is 0.250 e. The van der Waals surface area contributed by atoms with Gasteiger partial charge in [0.2, 0.25) is 5.91 Å². The number of ether oxygens (including phenoxy) is 1. The second-order valence-corrected chi connectivity index (χ2v) is 3.50. The van der Waals surface area contributed by atoms with Crippen LogP contribution < -0.4 is 11.1 Å². The number of hydrogen-bond acceptors (Lipinski definition) is 4. The van der Waals surface area contributed by atoms with Gasteiger partial charge >= 0.3 is 0 Å². The van der Waals surface area contributed by atoms with Crippen LogP contribution >= 0.6 is 0 Å². The lowest BCUT2D eigenvalue weighted by Crippen LogP contribution is -2.20. The molecule has 5 heteroatoms. The molecule has 1 amide bonds. The lowest BCUT2D eigenvalue weighted by atomic mass is 10.2. The van der Waals surface area contributed by atoms with Gasteiger partial charge in [0.15, 0.2) is 0 Å². The van der Waals surface area contributed by atoms with Gasteiger partial charge in [0.1, 0.15) is 5.82 Å². The Labute approximate surface area is 87.6 Å². The SMILES string of the molecule is NC(=O)c1ccc(NC2CCOC2)nc1. The van der Waals surface area contributed by atoms with Crippen molar-refractivity contribution < 1.29 is 9.53 Å². The highest BCUT2D eigenvalue weighted by Crippen LogP contribution is 2.11. The van der Waals surface area contributed by atoms with Gasteiger partial charge in [-0.15, -0.1) is 0 Å². The van der Waals surface area contributed by atoms with Crippen molar-refractivity contribution in [3.8, 4) is 0 Å².